The van der Waals surface area contributed by atoms with Crippen molar-refractivity contribution in [2.24, 2.45) is 0 Å². The third-order valence-electron chi connectivity index (χ3n) is 3.09. The standard InChI is InChI=1S/C12H17N2O/c1-10(15)13-8-9-14(2,3)12-7-5-4-6-11(12)13/h4-7H,8-9H2,1-3H3/q+1. The van der Waals surface area contributed by atoms with Crippen LogP contribution < -0.4 is 9.38 Å². The fraction of sp³-hybridized carbons (Fsp3) is 0.417. The molecule has 0 saturated heterocycles. The van der Waals surface area contributed by atoms with E-state index in [0.29, 0.717) is 0 Å². The monoisotopic (exact) mass is 205 g/mol. The van der Waals surface area contributed by atoms with Gasteiger partial charge in [-0.1, -0.05) is 12.1 Å². The van der Waals surface area contributed by atoms with Crippen LogP contribution in [0.2, 0.25) is 0 Å². The van der Waals surface area contributed by atoms with Crippen molar-refractivity contribution in [3.63, 3.8) is 0 Å². The van der Waals surface area contributed by atoms with E-state index in [4.69, 9.17) is 0 Å². The number of anilines is 1. The predicted octanol–water partition coefficient (Wildman–Crippen LogP) is 1.62. The summed E-state index contributed by atoms with van der Waals surface area (Å²) in [7, 11) is 4.35. The van der Waals surface area contributed by atoms with Crippen molar-refractivity contribution in [1.82, 2.24) is 4.48 Å². The Morgan fingerprint density at radius 2 is 2.00 bits per heavy atom. The van der Waals surface area contributed by atoms with Crippen LogP contribution in [0.3, 0.4) is 0 Å². The average Bonchev–Trinajstić information content (AvgIpc) is 2.17. The van der Waals surface area contributed by atoms with Gasteiger partial charge in [0.15, 0.2) is 5.69 Å². The zero-order chi connectivity index (χ0) is 11.1. The van der Waals surface area contributed by atoms with Crippen molar-refractivity contribution in [3.05, 3.63) is 24.3 Å². The molecule has 0 atom stereocenters. The SMILES string of the molecule is CC(=O)N1CC[N+](C)(C)c2ccccc21. The average molecular weight is 205 g/mol. The summed E-state index contributed by atoms with van der Waals surface area (Å²) in [6, 6.07) is 8.14. The van der Waals surface area contributed by atoms with Crippen molar-refractivity contribution >= 4 is 17.3 Å². The first-order valence-electron chi connectivity index (χ1n) is 5.23. The second kappa shape index (κ2) is 3.35. The number of carbonyl (C=O) groups excluding carboxylic acids is 1. The topological polar surface area (TPSA) is 20.3 Å². The molecule has 1 aromatic rings. The molecule has 0 N–H and O–H groups in total. The molecule has 1 aliphatic heterocycles. The molecule has 0 aliphatic carbocycles. The highest BCUT2D eigenvalue weighted by Gasteiger charge is 2.32. The molecule has 0 radical (unpaired) electrons. The maximum Gasteiger partial charge on any atom is 0.224 e. The number of carbonyl (C=O) groups is 1. The Morgan fingerprint density at radius 1 is 1.33 bits per heavy atom. The Hall–Kier alpha value is -1.35. The first-order chi connectivity index (χ1) is 7.02. The van der Waals surface area contributed by atoms with E-state index < -0.39 is 0 Å². The van der Waals surface area contributed by atoms with Gasteiger partial charge in [-0.25, -0.2) is 0 Å². The van der Waals surface area contributed by atoms with Crippen LogP contribution in [0, 0.1) is 0 Å². The maximum atomic E-state index is 11.5. The van der Waals surface area contributed by atoms with E-state index in [9.17, 15) is 4.79 Å². The Balaban J connectivity index is 2.53. The molecule has 15 heavy (non-hydrogen) atoms. The predicted molar refractivity (Wildman–Crippen MR) is 63.0 cm³/mol. The lowest BCUT2D eigenvalue weighted by Crippen LogP contribution is -2.52. The summed E-state index contributed by atoms with van der Waals surface area (Å²) in [5, 5.41) is 0. The highest BCUT2D eigenvalue weighted by molar-refractivity contribution is 5.95. The van der Waals surface area contributed by atoms with Gasteiger partial charge in [-0.05, 0) is 6.07 Å². The van der Waals surface area contributed by atoms with Crippen LogP contribution in [-0.4, -0.2) is 33.1 Å². The molecule has 0 bridgehead atoms. The number of nitrogens with zero attached hydrogens (tertiary/aromatic N) is 2. The smallest absolute Gasteiger partial charge is 0.224 e. The molecule has 0 aromatic heterocycles. The van der Waals surface area contributed by atoms with E-state index in [-0.39, 0.29) is 5.91 Å². The zero-order valence-corrected chi connectivity index (χ0v) is 9.53. The fourth-order valence-corrected chi connectivity index (χ4v) is 2.12. The van der Waals surface area contributed by atoms with Crippen LogP contribution in [0.4, 0.5) is 11.4 Å². The number of quaternary nitrogens is 1. The van der Waals surface area contributed by atoms with Gasteiger partial charge in [0.25, 0.3) is 0 Å². The largest absolute Gasteiger partial charge is 0.302 e. The van der Waals surface area contributed by atoms with E-state index in [0.717, 1.165) is 23.3 Å². The molecule has 0 spiro atoms. The Morgan fingerprint density at radius 3 is 2.67 bits per heavy atom. The van der Waals surface area contributed by atoms with E-state index in [1.54, 1.807) is 6.92 Å². The molecular weight excluding hydrogens is 188 g/mol. The highest BCUT2D eigenvalue weighted by Crippen LogP contribution is 2.35. The molecule has 0 unspecified atom stereocenters. The normalized spacial score (nSPS) is 18.5. The summed E-state index contributed by atoms with van der Waals surface area (Å²) in [4.78, 5) is 13.4. The van der Waals surface area contributed by atoms with E-state index in [1.807, 2.05) is 23.1 Å². The van der Waals surface area contributed by atoms with Crippen molar-refractivity contribution in [2.45, 2.75) is 6.92 Å². The van der Waals surface area contributed by atoms with Gasteiger partial charge >= 0.3 is 0 Å². The van der Waals surface area contributed by atoms with Gasteiger partial charge in [0.2, 0.25) is 5.91 Å². The fourth-order valence-electron chi connectivity index (χ4n) is 2.12. The summed E-state index contributed by atoms with van der Waals surface area (Å²) in [5.74, 6) is 0.127. The molecule has 80 valence electrons. The Kier molecular flexibility index (Phi) is 2.27. The number of likely N-dealkylation sites (N-methyl/N-ethyl adjacent to an activating group) is 1. The first kappa shape index (κ1) is 10.2. The van der Waals surface area contributed by atoms with Crippen LogP contribution in [0.15, 0.2) is 24.3 Å². The molecule has 3 heteroatoms. The number of para-hydroxylation sites is 2. The maximum absolute atomic E-state index is 11.5. The molecule has 0 fully saturated rings. The zero-order valence-electron chi connectivity index (χ0n) is 9.53. The van der Waals surface area contributed by atoms with Gasteiger partial charge in [-0.15, -0.1) is 0 Å². The van der Waals surface area contributed by atoms with Gasteiger partial charge in [0, 0.05) is 13.0 Å². The molecule has 1 aliphatic rings. The van der Waals surface area contributed by atoms with E-state index >= 15 is 0 Å². The van der Waals surface area contributed by atoms with Crippen molar-refractivity contribution in [2.75, 3.05) is 32.1 Å². The van der Waals surface area contributed by atoms with Crippen LogP contribution >= 0.6 is 0 Å². The second-order valence-corrected chi connectivity index (χ2v) is 4.57. The summed E-state index contributed by atoms with van der Waals surface area (Å²) in [5.41, 5.74) is 2.28. The van der Waals surface area contributed by atoms with E-state index in [1.165, 1.54) is 5.69 Å². The summed E-state index contributed by atoms with van der Waals surface area (Å²) in [6.07, 6.45) is 0. The number of benzene rings is 1. The van der Waals surface area contributed by atoms with Gasteiger partial charge in [-0.3, -0.25) is 9.28 Å². The molecule has 2 rings (SSSR count). The highest BCUT2D eigenvalue weighted by atomic mass is 16.2. The van der Waals surface area contributed by atoms with Gasteiger partial charge in [0.1, 0.15) is 12.2 Å². The molecular formula is C12H17N2O+. The molecule has 1 amide bonds. The van der Waals surface area contributed by atoms with Crippen LogP contribution in [0.25, 0.3) is 0 Å². The summed E-state index contributed by atoms with van der Waals surface area (Å²) >= 11 is 0. The molecule has 1 heterocycles. The number of hydrogen-bond donors (Lipinski definition) is 0. The quantitative estimate of drug-likeness (QED) is 0.589. The minimum atomic E-state index is 0.127. The third kappa shape index (κ3) is 1.63. The minimum Gasteiger partial charge on any atom is -0.302 e. The first-order valence-corrected chi connectivity index (χ1v) is 5.23. The number of amides is 1. The number of fused-ring (bicyclic) bond motifs is 1. The minimum absolute atomic E-state index is 0.127. The van der Waals surface area contributed by atoms with Gasteiger partial charge in [-0.2, -0.15) is 0 Å². The molecule has 0 saturated carbocycles. The number of hydrogen-bond acceptors (Lipinski definition) is 1. The molecule has 3 nitrogen and oxygen atoms in total. The van der Waals surface area contributed by atoms with Crippen molar-refractivity contribution < 1.29 is 4.79 Å². The van der Waals surface area contributed by atoms with Crippen LogP contribution in [0.1, 0.15) is 6.92 Å². The van der Waals surface area contributed by atoms with Crippen molar-refractivity contribution in [3.8, 4) is 0 Å². The third-order valence-corrected chi connectivity index (χ3v) is 3.09. The summed E-state index contributed by atoms with van der Waals surface area (Å²) < 4.78 is 0.847. The van der Waals surface area contributed by atoms with Crippen molar-refractivity contribution in [1.29, 1.82) is 0 Å². The van der Waals surface area contributed by atoms with Gasteiger partial charge in [0.05, 0.1) is 20.6 Å². The lowest BCUT2D eigenvalue weighted by Gasteiger charge is -2.39. The molecule has 1 aromatic carbocycles. The Bertz CT molecular complexity index is 398. The van der Waals surface area contributed by atoms with Gasteiger partial charge < -0.3 is 4.90 Å². The van der Waals surface area contributed by atoms with Crippen LogP contribution in [0.5, 0.6) is 0 Å². The van der Waals surface area contributed by atoms with E-state index in [2.05, 4.69) is 20.2 Å². The number of rotatable bonds is 0. The lowest BCUT2D eigenvalue weighted by atomic mass is 10.1. The lowest BCUT2D eigenvalue weighted by molar-refractivity contribution is -0.116. The Labute approximate surface area is 90.5 Å². The van der Waals surface area contributed by atoms with Crippen LogP contribution in [-0.2, 0) is 4.79 Å². The summed E-state index contributed by atoms with van der Waals surface area (Å²) in [6.45, 7) is 3.40. The second-order valence-electron chi connectivity index (χ2n) is 4.57.